The molecule has 3 fully saturated rings. The predicted molar refractivity (Wildman–Crippen MR) is 73.3 cm³/mol. The fourth-order valence-corrected chi connectivity index (χ4v) is 3.30. The Morgan fingerprint density at radius 2 is 1.78 bits per heavy atom. The maximum Gasteiger partial charge on any atom is 0.410 e. The van der Waals surface area contributed by atoms with E-state index in [1.54, 1.807) is 13.8 Å². The molecule has 3 rings (SSSR count). The van der Waals surface area contributed by atoms with E-state index in [0.29, 0.717) is 0 Å². The molecule has 0 radical (unpaired) electrons. The van der Waals surface area contributed by atoms with Crippen molar-refractivity contribution in [2.24, 2.45) is 0 Å². The number of methoxy groups -OCH3 is 2. The molecule has 6 atom stereocenters. The van der Waals surface area contributed by atoms with Crippen LogP contribution in [0.5, 0.6) is 0 Å². The molecule has 130 valence electrons. The quantitative estimate of drug-likeness (QED) is 0.660. The van der Waals surface area contributed by atoms with Crippen molar-refractivity contribution in [1.29, 1.82) is 0 Å². The van der Waals surface area contributed by atoms with Crippen LogP contribution in [0.3, 0.4) is 0 Å². The van der Waals surface area contributed by atoms with Crippen LogP contribution < -0.4 is 0 Å². The number of amides is 1. The highest BCUT2D eigenvalue weighted by atomic mass is 16.8. The van der Waals surface area contributed by atoms with E-state index >= 15 is 0 Å². The number of ether oxygens (including phenoxy) is 6. The lowest BCUT2D eigenvalue weighted by Gasteiger charge is -2.28. The second-order valence-corrected chi connectivity index (χ2v) is 6.20. The first-order chi connectivity index (χ1) is 10.8. The highest BCUT2D eigenvalue weighted by Crippen LogP contribution is 2.42. The Morgan fingerprint density at radius 3 is 2.39 bits per heavy atom. The van der Waals surface area contributed by atoms with Gasteiger partial charge in [-0.1, -0.05) is 0 Å². The molecule has 9 heteroatoms. The summed E-state index contributed by atoms with van der Waals surface area (Å²) in [4.78, 5) is 25.1. The minimum absolute atomic E-state index is 0.470. The first-order valence-corrected chi connectivity index (χ1v) is 7.34. The molecule has 0 N–H and O–H groups in total. The van der Waals surface area contributed by atoms with Gasteiger partial charge in [-0.3, -0.25) is 4.90 Å². The molecule has 3 heterocycles. The van der Waals surface area contributed by atoms with Gasteiger partial charge in [-0.25, -0.2) is 9.59 Å². The zero-order valence-electron chi connectivity index (χ0n) is 13.7. The standard InChI is InChI=1S/C14H21NO8/c1-14(2)22-9-8(20-12(19-5)10(9)23-14)7-6(11(16)18-4)15(3)13(17)21-7/h6-10,12H,1-5H3/t6-,7-,8+,9+,10+,12+/m0/s1. The van der Waals surface area contributed by atoms with Gasteiger partial charge >= 0.3 is 12.1 Å². The van der Waals surface area contributed by atoms with Crippen molar-refractivity contribution in [2.45, 2.75) is 56.4 Å². The number of rotatable bonds is 3. The molecule has 0 aromatic heterocycles. The van der Waals surface area contributed by atoms with Gasteiger partial charge in [-0.2, -0.15) is 0 Å². The number of carbonyl (C=O) groups excluding carboxylic acids is 2. The van der Waals surface area contributed by atoms with Crippen LogP contribution in [0.25, 0.3) is 0 Å². The Labute approximate surface area is 133 Å². The zero-order chi connectivity index (χ0) is 16.9. The molecule has 3 saturated heterocycles. The second-order valence-electron chi connectivity index (χ2n) is 6.20. The van der Waals surface area contributed by atoms with Gasteiger partial charge in [0.2, 0.25) is 0 Å². The average Bonchev–Trinajstić information content (AvgIpc) is 3.07. The van der Waals surface area contributed by atoms with Crippen molar-refractivity contribution in [3.63, 3.8) is 0 Å². The Balaban J connectivity index is 1.88. The van der Waals surface area contributed by atoms with Crippen molar-refractivity contribution in [2.75, 3.05) is 21.3 Å². The predicted octanol–water partition coefficient (Wildman–Crippen LogP) is -0.130. The SMILES string of the molecule is COC(=O)[C@@H]1[C@@H]([C@H]2O[C@@H](OC)[C@@H]3OC(C)(C)O[C@H]23)OC(=O)N1C. The van der Waals surface area contributed by atoms with Crippen LogP contribution in [-0.2, 0) is 33.2 Å². The lowest BCUT2D eigenvalue weighted by molar-refractivity contribution is -0.236. The topological polar surface area (TPSA) is 92.8 Å². The molecular formula is C14H21NO8. The summed E-state index contributed by atoms with van der Waals surface area (Å²) in [5.74, 6) is -1.40. The van der Waals surface area contributed by atoms with Crippen molar-refractivity contribution in [1.82, 2.24) is 4.90 Å². The van der Waals surface area contributed by atoms with Crippen LogP contribution in [0.2, 0.25) is 0 Å². The molecule has 0 bridgehead atoms. The molecule has 0 aliphatic carbocycles. The first-order valence-electron chi connectivity index (χ1n) is 7.34. The van der Waals surface area contributed by atoms with E-state index in [2.05, 4.69) is 0 Å². The van der Waals surface area contributed by atoms with E-state index in [-0.39, 0.29) is 0 Å². The van der Waals surface area contributed by atoms with Gasteiger partial charge in [0.1, 0.15) is 18.3 Å². The molecule has 0 unspecified atom stereocenters. The third-order valence-corrected chi connectivity index (χ3v) is 4.30. The number of hydrogen-bond donors (Lipinski definition) is 0. The number of fused-ring (bicyclic) bond motifs is 1. The van der Waals surface area contributed by atoms with E-state index in [4.69, 9.17) is 28.4 Å². The number of hydrogen-bond acceptors (Lipinski definition) is 8. The summed E-state index contributed by atoms with van der Waals surface area (Å²) in [6.45, 7) is 3.55. The molecule has 0 spiro atoms. The van der Waals surface area contributed by atoms with E-state index in [1.807, 2.05) is 0 Å². The molecule has 3 aliphatic rings. The van der Waals surface area contributed by atoms with Gasteiger partial charge in [0, 0.05) is 14.2 Å². The van der Waals surface area contributed by atoms with Crippen LogP contribution >= 0.6 is 0 Å². The number of esters is 1. The maximum absolute atomic E-state index is 12.1. The largest absolute Gasteiger partial charge is 0.467 e. The van der Waals surface area contributed by atoms with Crippen LogP contribution in [-0.4, -0.2) is 80.8 Å². The van der Waals surface area contributed by atoms with Crippen molar-refractivity contribution in [3.05, 3.63) is 0 Å². The Morgan fingerprint density at radius 1 is 1.13 bits per heavy atom. The van der Waals surface area contributed by atoms with Crippen molar-refractivity contribution in [3.8, 4) is 0 Å². The molecule has 0 aromatic rings. The van der Waals surface area contributed by atoms with Gasteiger partial charge in [-0.05, 0) is 13.8 Å². The molecule has 0 saturated carbocycles. The van der Waals surface area contributed by atoms with E-state index in [1.165, 1.54) is 26.2 Å². The monoisotopic (exact) mass is 331 g/mol. The number of likely N-dealkylation sites (N-methyl/N-ethyl adjacent to an activating group) is 1. The fraction of sp³-hybridized carbons (Fsp3) is 0.857. The second kappa shape index (κ2) is 5.59. The smallest absolute Gasteiger partial charge is 0.410 e. The van der Waals surface area contributed by atoms with E-state index in [0.717, 1.165) is 0 Å². The number of nitrogens with zero attached hydrogens (tertiary/aromatic N) is 1. The Hall–Kier alpha value is -1.42. The molecule has 1 amide bonds. The Kier molecular flexibility index (Phi) is 3.99. The molecule has 0 aromatic carbocycles. The van der Waals surface area contributed by atoms with Crippen LogP contribution in [0.4, 0.5) is 4.79 Å². The lowest BCUT2D eigenvalue weighted by Crippen LogP contribution is -2.50. The summed E-state index contributed by atoms with van der Waals surface area (Å²) < 4.78 is 32.9. The third kappa shape index (κ3) is 2.57. The normalized spacial score (nSPS) is 41.8. The first kappa shape index (κ1) is 16.4. The fourth-order valence-electron chi connectivity index (χ4n) is 3.30. The Bertz CT molecular complexity index is 509. The van der Waals surface area contributed by atoms with Gasteiger partial charge in [0.05, 0.1) is 7.11 Å². The number of cyclic esters (lactones) is 1. The number of carbonyl (C=O) groups is 2. The molecular weight excluding hydrogens is 310 g/mol. The molecule has 23 heavy (non-hydrogen) atoms. The van der Waals surface area contributed by atoms with Crippen LogP contribution in [0.15, 0.2) is 0 Å². The third-order valence-electron chi connectivity index (χ3n) is 4.30. The lowest BCUT2D eigenvalue weighted by atomic mass is 10.00. The molecule has 9 nitrogen and oxygen atoms in total. The summed E-state index contributed by atoms with van der Waals surface area (Å²) in [6.07, 6.45) is -3.86. The highest BCUT2D eigenvalue weighted by Gasteiger charge is 2.62. The summed E-state index contributed by atoms with van der Waals surface area (Å²) in [7, 11) is 4.22. The van der Waals surface area contributed by atoms with Crippen LogP contribution in [0.1, 0.15) is 13.8 Å². The zero-order valence-corrected chi connectivity index (χ0v) is 13.7. The summed E-state index contributed by atoms with van der Waals surface area (Å²) in [6, 6.07) is -0.916. The van der Waals surface area contributed by atoms with Gasteiger partial charge in [0.25, 0.3) is 0 Å². The van der Waals surface area contributed by atoms with E-state index < -0.39 is 54.6 Å². The van der Waals surface area contributed by atoms with Gasteiger partial charge in [0.15, 0.2) is 24.2 Å². The van der Waals surface area contributed by atoms with Gasteiger partial charge < -0.3 is 28.4 Å². The minimum Gasteiger partial charge on any atom is -0.467 e. The average molecular weight is 331 g/mol. The van der Waals surface area contributed by atoms with Crippen molar-refractivity contribution >= 4 is 12.1 Å². The van der Waals surface area contributed by atoms with Crippen LogP contribution in [0, 0.1) is 0 Å². The van der Waals surface area contributed by atoms with E-state index in [9.17, 15) is 9.59 Å². The summed E-state index contributed by atoms with van der Waals surface area (Å²) >= 11 is 0. The van der Waals surface area contributed by atoms with Gasteiger partial charge in [-0.15, -0.1) is 0 Å². The summed E-state index contributed by atoms with van der Waals surface area (Å²) in [5, 5.41) is 0. The molecule has 3 aliphatic heterocycles. The summed E-state index contributed by atoms with van der Waals surface area (Å²) in [5.41, 5.74) is 0. The maximum atomic E-state index is 12.1. The highest BCUT2D eigenvalue weighted by molar-refractivity contribution is 5.85. The minimum atomic E-state index is -0.916. The van der Waals surface area contributed by atoms with Crippen molar-refractivity contribution < 1.29 is 38.0 Å².